The summed E-state index contributed by atoms with van der Waals surface area (Å²) in [6.45, 7) is 9.34. The van der Waals surface area contributed by atoms with Crippen LogP contribution >= 0.6 is 0 Å². The number of allylic oxidation sites excluding steroid dienone is 1. The Kier molecular flexibility index (Phi) is 6.45. The standard InChI is InChI=1S/C27H44O7/c1-14(19(28)7-8-24(2,3)33)16-12-23(32)27(34)17-10-20(29)18-11-21(30)22(31)13-25(18,4)15(17)6-9-26(16,27)5/h10,14-16,18-19,21-23,28,30-34H,6-9,11-13H2,1-5H3/t14?,15?,16-,18+,19-,21-,22+,23?,25-,26-,27+/m1/s1. The van der Waals surface area contributed by atoms with Crippen LogP contribution in [0.5, 0.6) is 0 Å². The van der Waals surface area contributed by atoms with E-state index in [1.807, 2.05) is 20.8 Å². The van der Waals surface area contributed by atoms with Crippen LogP contribution in [0.2, 0.25) is 0 Å². The van der Waals surface area contributed by atoms with E-state index in [1.165, 1.54) is 6.08 Å². The Morgan fingerprint density at radius 2 is 1.76 bits per heavy atom. The van der Waals surface area contributed by atoms with E-state index < -0.39 is 52.4 Å². The minimum absolute atomic E-state index is 0.147. The van der Waals surface area contributed by atoms with Crippen molar-refractivity contribution in [1.29, 1.82) is 0 Å². The monoisotopic (exact) mass is 480 g/mol. The molecule has 11 atom stereocenters. The molecule has 0 radical (unpaired) electrons. The van der Waals surface area contributed by atoms with Crippen LogP contribution in [0.15, 0.2) is 11.6 Å². The van der Waals surface area contributed by atoms with Crippen molar-refractivity contribution in [2.24, 2.45) is 34.5 Å². The Bertz CT molecular complexity index is 848. The largest absolute Gasteiger partial charge is 0.393 e. The van der Waals surface area contributed by atoms with Gasteiger partial charge in [-0.15, -0.1) is 0 Å². The Morgan fingerprint density at radius 3 is 2.38 bits per heavy atom. The van der Waals surface area contributed by atoms with Gasteiger partial charge in [-0.1, -0.05) is 20.8 Å². The van der Waals surface area contributed by atoms with E-state index in [4.69, 9.17) is 0 Å². The zero-order valence-electron chi connectivity index (χ0n) is 21.2. The number of aliphatic hydroxyl groups is 6. The van der Waals surface area contributed by atoms with E-state index in [0.29, 0.717) is 37.7 Å². The number of ketones is 1. The first-order valence-electron chi connectivity index (χ1n) is 13.0. The highest BCUT2D eigenvalue weighted by Crippen LogP contribution is 2.68. The predicted octanol–water partition coefficient (Wildman–Crippen LogP) is 1.71. The molecular weight excluding hydrogens is 436 g/mol. The first-order chi connectivity index (χ1) is 15.6. The summed E-state index contributed by atoms with van der Waals surface area (Å²) in [7, 11) is 0. The van der Waals surface area contributed by atoms with Gasteiger partial charge >= 0.3 is 0 Å². The quantitative estimate of drug-likeness (QED) is 0.352. The van der Waals surface area contributed by atoms with Crippen molar-refractivity contribution in [2.75, 3.05) is 0 Å². The summed E-state index contributed by atoms with van der Waals surface area (Å²) < 4.78 is 0. The number of hydrogen-bond donors (Lipinski definition) is 6. The van der Waals surface area contributed by atoms with Crippen LogP contribution in [0, 0.1) is 34.5 Å². The second-order valence-corrected chi connectivity index (χ2v) is 13.0. The molecule has 0 aromatic carbocycles. The highest BCUT2D eigenvalue weighted by Gasteiger charge is 2.70. The summed E-state index contributed by atoms with van der Waals surface area (Å²) in [6.07, 6.45) is 0.978. The van der Waals surface area contributed by atoms with Gasteiger partial charge in [0.2, 0.25) is 0 Å². The van der Waals surface area contributed by atoms with Gasteiger partial charge in [0.05, 0.1) is 30.0 Å². The van der Waals surface area contributed by atoms with Gasteiger partial charge in [-0.05, 0) is 93.6 Å². The lowest BCUT2D eigenvalue weighted by Crippen LogP contribution is -2.63. The van der Waals surface area contributed by atoms with Gasteiger partial charge in [0.1, 0.15) is 5.60 Å². The van der Waals surface area contributed by atoms with E-state index in [2.05, 4.69) is 0 Å². The molecule has 0 saturated heterocycles. The summed E-state index contributed by atoms with van der Waals surface area (Å²) in [5.41, 5.74) is -3.21. The molecule has 4 rings (SSSR count). The number of aliphatic hydroxyl groups excluding tert-OH is 4. The average molecular weight is 481 g/mol. The van der Waals surface area contributed by atoms with Crippen LogP contribution in [0.3, 0.4) is 0 Å². The number of carbonyl (C=O) groups excluding carboxylic acids is 1. The zero-order chi connectivity index (χ0) is 25.4. The molecule has 0 spiro atoms. The molecular formula is C27H44O7. The van der Waals surface area contributed by atoms with Gasteiger partial charge in [0.25, 0.3) is 0 Å². The summed E-state index contributed by atoms with van der Waals surface area (Å²) >= 11 is 0. The maximum absolute atomic E-state index is 13.3. The maximum Gasteiger partial charge on any atom is 0.159 e. The van der Waals surface area contributed by atoms with Crippen LogP contribution in [0.1, 0.15) is 79.6 Å². The SMILES string of the molecule is CC([C@H](O)CCC(C)(C)O)[C@H]1CC(O)[C@@]2(O)C3=CC(=O)[C@@H]4C[C@@H](O)[C@@H](O)C[C@]4(C)C3CC[C@]12C. The molecule has 3 saturated carbocycles. The van der Waals surface area contributed by atoms with E-state index in [1.54, 1.807) is 13.8 Å². The third-order valence-electron chi connectivity index (χ3n) is 10.5. The summed E-state index contributed by atoms with van der Waals surface area (Å²) in [5, 5.41) is 65.2. The summed E-state index contributed by atoms with van der Waals surface area (Å²) in [4.78, 5) is 13.3. The van der Waals surface area contributed by atoms with Crippen LogP contribution in [0.4, 0.5) is 0 Å². The number of rotatable bonds is 5. The molecule has 3 fully saturated rings. The third-order valence-corrected chi connectivity index (χ3v) is 10.5. The van der Waals surface area contributed by atoms with Gasteiger partial charge in [-0.3, -0.25) is 4.79 Å². The van der Waals surface area contributed by atoms with Crippen molar-refractivity contribution in [3.8, 4) is 0 Å². The van der Waals surface area contributed by atoms with Crippen molar-refractivity contribution in [3.05, 3.63) is 11.6 Å². The first kappa shape index (κ1) is 26.2. The van der Waals surface area contributed by atoms with Crippen LogP contribution in [-0.2, 0) is 4.79 Å². The van der Waals surface area contributed by atoms with Crippen LogP contribution in [-0.4, -0.2) is 72.0 Å². The highest BCUT2D eigenvalue weighted by atomic mass is 16.3. The lowest BCUT2D eigenvalue weighted by atomic mass is 9.45. The van der Waals surface area contributed by atoms with E-state index >= 15 is 0 Å². The van der Waals surface area contributed by atoms with Crippen molar-refractivity contribution < 1.29 is 35.4 Å². The molecule has 34 heavy (non-hydrogen) atoms. The molecule has 7 nitrogen and oxygen atoms in total. The molecule has 194 valence electrons. The smallest absolute Gasteiger partial charge is 0.159 e. The minimum atomic E-state index is -1.59. The lowest BCUT2D eigenvalue weighted by molar-refractivity contribution is -0.165. The molecule has 3 unspecified atom stereocenters. The first-order valence-corrected chi connectivity index (χ1v) is 13.0. The van der Waals surface area contributed by atoms with Crippen LogP contribution in [0.25, 0.3) is 0 Å². The van der Waals surface area contributed by atoms with Gasteiger partial charge in [-0.2, -0.15) is 0 Å². The number of fused-ring (bicyclic) bond motifs is 5. The minimum Gasteiger partial charge on any atom is -0.393 e. The fourth-order valence-corrected chi connectivity index (χ4v) is 8.30. The number of hydrogen-bond acceptors (Lipinski definition) is 7. The topological polar surface area (TPSA) is 138 Å². The molecule has 0 bridgehead atoms. The molecule has 0 amide bonds. The highest BCUT2D eigenvalue weighted by molar-refractivity contribution is 5.95. The fourth-order valence-electron chi connectivity index (χ4n) is 8.30. The molecule has 6 N–H and O–H groups in total. The second-order valence-electron chi connectivity index (χ2n) is 13.0. The van der Waals surface area contributed by atoms with E-state index in [9.17, 15) is 35.4 Å². The molecule has 4 aliphatic rings. The normalized spacial score (nSPS) is 48.4. The molecule has 0 aliphatic heterocycles. The Hall–Kier alpha value is -0.830. The van der Waals surface area contributed by atoms with Gasteiger partial charge in [0.15, 0.2) is 5.78 Å². The van der Waals surface area contributed by atoms with Crippen molar-refractivity contribution in [3.63, 3.8) is 0 Å². The van der Waals surface area contributed by atoms with Crippen molar-refractivity contribution >= 4 is 5.78 Å². The predicted molar refractivity (Wildman–Crippen MR) is 127 cm³/mol. The summed E-state index contributed by atoms with van der Waals surface area (Å²) in [6, 6.07) is 0. The third kappa shape index (κ3) is 3.73. The second kappa shape index (κ2) is 8.35. The summed E-state index contributed by atoms with van der Waals surface area (Å²) in [5.74, 6) is -1.09. The van der Waals surface area contributed by atoms with E-state index in [0.717, 1.165) is 0 Å². The van der Waals surface area contributed by atoms with Gasteiger partial charge < -0.3 is 30.6 Å². The lowest BCUT2D eigenvalue weighted by Gasteiger charge is -2.60. The number of carbonyl (C=O) groups is 1. The molecule has 7 heteroatoms. The molecule has 0 aromatic heterocycles. The zero-order valence-corrected chi connectivity index (χ0v) is 21.2. The Labute approximate surface area is 202 Å². The Balaban J connectivity index is 1.67. The van der Waals surface area contributed by atoms with Gasteiger partial charge in [0, 0.05) is 11.3 Å². The maximum atomic E-state index is 13.3. The Morgan fingerprint density at radius 1 is 1.12 bits per heavy atom. The molecule has 0 aromatic rings. The van der Waals surface area contributed by atoms with Crippen molar-refractivity contribution in [2.45, 2.75) is 115 Å². The average Bonchev–Trinajstić information content (AvgIpc) is 2.94. The van der Waals surface area contributed by atoms with Crippen molar-refractivity contribution in [1.82, 2.24) is 0 Å². The van der Waals surface area contributed by atoms with Gasteiger partial charge in [-0.25, -0.2) is 0 Å². The molecule has 4 aliphatic carbocycles. The molecule has 0 heterocycles. The fraction of sp³-hybridized carbons (Fsp3) is 0.889. The van der Waals surface area contributed by atoms with E-state index in [-0.39, 0.29) is 36.4 Å². The van der Waals surface area contributed by atoms with Crippen LogP contribution < -0.4 is 0 Å².